The fourth-order valence-electron chi connectivity index (χ4n) is 3.25. The van der Waals surface area contributed by atoms with Crippen molar-refractivity contribution in [1.82, 2.24) is 4.98 Å². The lowest BCUT2D eigenvalue weighted by atomic mass is 9.78. The molecule has 0 unspecified atom stereocenters. The van der Waals surface area contributed by atoms with Gasteiger partial charge in [-0.25, -0.2) is 4.98 Å². The number of carbonyl (C=O) groups excluding carboxylic acids is 1. The van der Waals surface area contributed by atoms with Gasteiger partial charge in [0.25, 0.3) is 0 Å². The molecule has 0 fully saturated rings. The number of thioether (sulfide) groups is 1. The number of primary amides is 1. The summed E-state index contributed by atoms with van der Waals surface area (Å²) in [4.78, 5) is 22.9. The van der Waals surface area contributed by atoms with Crippen LogP contribution >= 0.6 is 23.1 Å². The van der Waals surface area contributed by atoms with Crippen molar-refractivity contribution in [2.45, 2.75) is 31.7 Å². The molecule has 1 aromatic heterocycles. The van der Waals surface area contributed by atoms with Crippen molar-refractivity contribution in [3.8, 4) is 0 Å². The Morgan fingerprint density at radius 2 is 2.21 bits per heavy atom. The molecule has 0 bridgehead atoms. The van der Waals surface area contributed by atoms with Crippen molar-refractivity contribution in [3.05, 3.63) is 22.7 Å². The monoisotopic (exact) mass is 360 g/mol. The van der Waals surface area contributed by atoms with Crippen LogP contribution in [-0.2, 0) is 10.2 Å². The zero-order valence-electron chi connectivity index (χ0n) is 14.0. The Morgan fingerprint density at radius 1 is 1.42 bits per heavy atom. The largest absolute Gasteiger partial charge is 0.374 e. The molecule has 2 aliphatic rings. The number of hydrogen-bond donors (Lipinski definition) is 1. The van der Waals surface area contributed by atoms with Gasteiger partial charge in [0.15, 0.2) is 0 Å². The zero-order valence-corrected chi connectivity index (χ0v) is 15.6. The number of carbonyl (C=O) groups is 1. The van der Waals surface area contributed by atoms with E-state index >= 15 is 0 Å². The highest BCUT2D eigenvalue weighted by Crippen LogP contribution is 2.42. The van der Waals surface area contributed by atoms with E-state index in [1.54, 1.807) is 23.1 Å². The van der Waals surface area contributed by atoms with Gasteiger partial charge in [0.2, 0.25) is 5.91 Å². The summed E-state index contributed by atoms with van der Waals surface area (Å²) in [5, 5.41) is 1.73. The summed E-state index contributed by atoms with van der Waals surface area (Å²) in [6, 6.07) is 4.06. The van der Waals surface area contributed by atoms with Gasteiger partial charge in [-0.2, -0.15) is 0 Å². The maximum Gasteiger partial charge on any atom is 0.243 e. The number of thiazole rings is 1. The van der Waals surface area contributed by atoms with Crippen molar-refractivity contribution in [2.24, 2.45) is 10.7 Å². The molecule has 2 N–H and O–H groups in total. The van der Waals surface area contributed by atoms with Crippen LogP contribution in [0.25, 0.3) is 10.2 Å². The van der Waals surface area contributed by atoms with Gasteiger partial charge in [-0.05, 0) is 29.5 Å². The molecule has 4 rings (SSSR count). The summed E-state index contributed by atoms with van der Waals surface area (Å²) in [7, 11) is 2.15. The Balaban J connectivity index is 1.80. The minimum Gasteiger partial charge on any atom is -0.374 e. The van der Waals surface area contributed by atoms with Crippen LogP contribution in [0.5, 0.6) is 0 Å². The first-order valence-electron chi connectivity index (χ1n) is 8.02. The fourth-order valence-corrected chi connectivity index (χ4v) is 5.35. The lowest BCUT2D eigenvalue weighted by Crippen LogP contribution is -2.34. The summed E-state index contributed by atoms with van der Waals surface area (Å²) in [5.41, 5.74) is 9.19. The highest BCUT2D eigenvalue weighted by Gasteiger charge is 2.31. The van der Waals surface area contributed by atoms with Crippen LogP contribution < -0.4 is 10.6 Å². The van der Waals surface area contributed by atoms with Crippen LogP contribution in [0.3, 0.4) is 0 Å². The number of fused-ring (bicyclic) bond motifs is 2. The van der Waals surface area contributed by atoms with Crippen molar-refractivity contribution >= 4 is 50.0 Å². The minimum atomic E-state index is -0.421. The number of anilines is 1. The smallest absolute Gasteiger partial charge is 0.243 e. The number of aliphatic imine (C=N–C) groups is 1. The fraction of sp³-hybridized carbons (Fsp3) is 0.471. The SMILES string of the molecule is CN1CCC(C)(C)c2cc3nc(C4=N[C@@H](C(N)=O)CS4)sc3cc21. The van der Waals surface area contributed by atoms with Gasteiger partial charge in [0, 0.05) is 25.0 Å². The second-order valence-corrected chi connectivity index (χ2v) is 9.11. The second-order valence-electron chi connectivity index (χ2n) is 7.07. The Morgan fingerprint density at radius 3 is 2.92 bits per heavy atom. The highest BCUT2D eigenvalue weighted by atomic mass is 32.2. The van der Waals surface area contributed by atoms with Gasteiger partial charge in [0.1, 0.15) is 16.1 Å². The molecule has 1 aromatic carbocycles. The molecule has 5 nitrogen and oxygen atoms in total. The normalized spacial score (nSPS) is 22.5. The van der Waals surface area contributed by atoms with Crippen molar-refractivity contribution in [3.63, 3.8) is 0 Å². The predicted molar refractivity (Wildman–Crippen MR) is 103 cm³/mol. The number of hydrogen-bond acceptors (Lipinski definition) is 6. The molecular formula is C17H20N4OS2. The van der Waals surface area contributed by atoms with E-state index in [1.165, 1.54) is 16.0 Å². The minimum absolute atomic E-state index is 0.163. The van der Waals surface area contributed by atoms with E-state index in [4.69, 9.17) is 10.7 Å². The number of benzene rings is 1. The molecule has 7 heteroatoms. The average molecular weight is 361 g/mol. The van der Waals surface area contributed by atoms with E-state index in [1.807, 2.05) is 0 Å². The lowest BCUT2D eigenvalue weighted by Gasteiger charge is -2.38. The van der Waals surface area contributed by atoms with E-state index in [0.717, 1.165) is 28.5 Å². The average Bonchev–Trinajstić information content (AvgIpc) is 3.16. The summed E-state index contributed by atoms with van der Waals surface area (Å²) in [6.07, 6.45) is 1.14. The van der Waals surface area contributed by atoms with Crippen molar-refractivity contribution in [1.29, 1.82) is 0 Å². The summed E-state index contributed by atoms with van der Waals surface area (Å²) in [6.45, 7) is 5.67. The Labute approximate surface area is 149 Å². The summed E-state index contributed by atoms with van der Waals surface area (Å²) < 4.78 is 1.17. The molecule has 126 valence electrons. The van der Waals surface area contributed by atoms with Gasteiger partial charge in [-0.1, -0.05) is 13.8 Å². The third-order valence-corrected chi connectivity index (χ3v) is 7.09. The molecule has 0 saturated heterocycles. The molecule has 3 heterocycles. The van der Waals surface area contributed by atoms with Gasteiger partial charge in [-0.3, -0.25) is 9.79 Å². The second kappa shape index (κ2) is 5.46. The lowest BCUT2D eigenvalue weighted by molar-refractivity contribution is -0.118. The maximum atomic E-state index is 11.3. The molecule has 0 radical (unpaired) electrons. The zero-order chi connectivity index (χ0) is 17.1. The molecule has 0 aliphatic carbocycles. The molecule has 1 atom stereocenters. The first kappa shape index (κ1) is 15.9. The molecule has 0 spiro atoms. The summed E-state index contributed by atoms with van der Waals surface area (Å²) >= 11 is 3.21. The van der Waals surface area contributed by atoms with E-state index in [2.05, 4.69) is 42.9 Å². The molecule has 24 heavy (non-hydrogen) atoms. The first-order chi connectivity index (χ1) is 11.3. The Bertz CT molecular complexity index is 871. The number of rotatable bonds is 2. The first-order valence-corrected chi connectivity index (χ1v) is 9.82. The van der Waals surface area contributed by atoms with E-state index in [-0.39, 0.29) is 11.3 Å². The molecule has 0 saturated carbocycles. The number of aromatic nitrogens is 1. The number of amides is 1. The van der Waals surface area contributed by atoms with Crippen LogP contribution in [-0.4, -0.2) is 41.3 Å². The highest BCUT2D eigenvalue weighted by molar-refractivity contribution is 8.15. The molecule has 1 amide bonds. The van der Waals surface area contributed by atoms with E-state index < -0.39 is 6.04 Å². The van der Waals surface area contributed by atoms with Gasteiger partial charge in [0.05, 0.1) is 10.2 Å². The van der Waals surface area contributed by atoms with Crippen molar-refractivity contribution < 1.29 is 4.79 Å². The molecule has 2 aliphatic heterocycles. The Hall–Kier alpha value is -1.60. The van der Waals surface area contributed by atoms with Crippen LogP contribution in [0.4, 0.5) is 5.69 Å². The standard InChI is InChI=1S/C17H20N4OS2/c1-17(2)4-5-21(3)12-7-13-10(6-9(12)17)19-16(24-13)15-20-11(8-23-15)14(18)22/h6-7,11H,4-5,8H2,1-3H3,(H2,18,22)/t11-/m1/s1. The van der Waals surface area contributed by atoms with Gasteiger partial charge in [-0.15, -0.1) is 23.1 Å². The third kappa shape index (κ3) is 2.50. The number of nitrogens with two attached hydrogens (primary N) is 1. The topological polar surface area (TPSA) is 71.6 Å². The van der Waals surface area contributed by atoms with Crippen LogP contribution in [0, 0.1) is 0 Å². The van der Waals surface area contributed by atoms with Gasteiger partial charge < -0.3 is 10.6 Å². The quantitative estimate of drug-likeness (QED) is 0.894. The predicted octanol–water partition coefficient (Wildman–Crippen LogP) is 2.76. The number of nitrogens with zero attached hydrogens (tertiary/aromatic N) is 3. The van der Waals surface area contributed by atoms with Crippen LogP contribution in [0.15, 0.2) is 17.1 Å². The third-order valence-electron chi connectivity index (χ3n) is 4.88. The van der Waals surface area contributed by atoms with Crippen LogP contribution in [0.2, 0.25) is 0 Å². The van der Waals surface area contributed by atoms with Gasteiger partial charge >= 0.3 is 0 Å². The summed E-state index contributed by atoms with van der Waals surface area (Å²) in [5.74, 6) is 0.254. The van der Waals surface area contributed by atoms with E-state index in [0.29, 0.717) is 5.75 Å². The maximum absolute atomic E-state index is 11.3. The van der Waals surface area contributed by atoms with Crippen molar-refractivity contribution in [2.75, 3.05) is 24.2 Å². The molecular weight excluding hydrogens is 340 g/mol. The van der Waals surface area contributed by atoms with Crippen LogP contribution in [0.1, 0.15) is 30.8 Å². The van der Waals surface area contributed by atoms with E-state index in [9.17, 15) is 4.79 Å². The Kier molecular flexibility index (Phi) is 3.61. The molecule has 2 aromatic rings.